The minimum Gasteiger partial charge on any atom is -0.509 e. The Morgan fingerprint density at radius 3 is 1.86 bits per heavy atom. The van der Waals surface area contributed by atoms with Gasteiger partial charge in [0.2, 0.25) is 0 Å². The molecule has 0 aliphatic rings. The van der Waals surface area contributed by atoms with Crippen molar-refractivity contribution >= 4 is 38.0 Å². The van der Waals surface area contributed by atoms with E-state index in [9.17, 15) is 15.3 Å². The molecule has 0 atom stereocenters. The molecule has 114 valence electrons. The molecule has 2 rings (SSSR count). The molecule has 2 aromatic rings. The van der Waals surface area contributed by atoms with Crippen LogP contribution in [0.15, 0.2) is 24.3 Å². The zero-order valence-corrected chi connectivity index (χ0v) is 13.7. The Kier molecular flexibility index (Phi) is 4.05. The molecule has 22 heavy (non-hydrogen) atoms. The highest BCUT2D eigenvalue weighted by molar-refractivity contribution is 6.45. The molecular formula is C16H21B2NO3. The van der Waals surface area contributed by atoms with Crippen molar-refractivity contribution < 1.29 is 15.3 Å². The fourth-order valence-electron chi connectivity index (χ4n) is 2.34. The Bertz CT molecular complexity index is 678. The second kappa shape index (κ2) is 5.52. The summed E-state index contributed by atoms with van der Waals surface area (Å²) >= 11 is 0. The topological polar surface area (TPSA) is 72.7 Å². The van der Waals surface area contributed by atoms with E-state index in [1.165, 1.54) is 5.56 Å². The molecule has 0 bridgehead atoms. The van der Waals surface area contributed by atoms with Crippen LogP contribution in [0.25, 0.3) is 0 Å². The summed E-state index contributed by atoms with van der Waals surface area (Å²) in [5.74, 6) is -0.589. The lowest BCUT2D eigenvalue weighted by molar-refractivity contribution is 0.404. The summed E-state index contributed by atoms with van der Waals surface area (Å²) in [5.41, 5.74) is 3.11. The molecule has 0 spiro atoms. The van der Waals surface area contributed by atoms with E-state index in [2.05, 4.69) is 26.1 Å². The highest BCUT2D eigenvalue weighted by Crippen LogP contribution is 2.35. The summed E-state index contributed by atoms with van der Waals surface area (Å²) in [4.78, 5) is 0. The number of aromatic hydroxyl groups is 3. The first-order valence-corrected chi connectivity index (χ1v) is 7.24. The summed E-state index contributed by atoms with van der Waals surface area (Å²) in [6.45, 7) is 6.42. The van der Waals surface area contributed by atoms with Crippen LogP contribution in [0.1, 0.15) is 26.3 Å². The lowest BCUT2D eigenvalue weighted by Gasteiger charge is -2.20. The van der Waals surface area contributed by atoms with Crippen LogP contribution in [-0.4, -0.2) is 31.0 Å². The molecule has 0 aromatic heterocycles. The summed E-state index contributed by atoms with van der Waals surface area (Å²) in [6, 6.07) is 7.85. The number of nitrogens with one attached hydrogen (secondary N) is 1. The molecule has 0 aliphatic carbocycles. The maximum absolute atomic E-state index is 10.1. The van der Waals surface area contributed by atoms with Gasteiger partial charge in [-0.2, -0.15) is 0 Å². The Balaban J connectivity index is 2.40. The van der Waals surface area contributed by atoms with Crippen molar-refractivity contribution in [3.05, 3.63) is 29.8 Å². The van der Waals surface area contributed by atoms with Gasteiger partial charge in [-0.15, -0.1) is 0 Å². The number of phenols is 3. The molecule has 0 unspecified atom stereocenters. The number of hydrogen-bond acceptors (Lipinski definition) is 4. The molecular weight excluding hydrogens is 276 g/mol. The van der Waals surface area contributed by atoms with Crippen molar-refractivity contribution in [2.75, 3.05) is 5.32 Å². The van der Waals surface area contributed by atoms with Gasteiger partial charge >= 0.3 is 0 Å². The van der Waals surface area contributed by atoms with Crippen molar-refractivity contribution in [2.45, 2.75) is 26.2 Å². The lowest BCUT2D eigenvalue weighted by Crippen LogP contribution is -2.19. The third kappa shape index (κ3) is 2.86. The molecule has 0 amide bonds. The number of hydrogen-bond donors (Lipinski definition) is 4. The first kappa shape index (κ1) is 16.1. The van der Waals surface area contributed by atoms with E-state index in [4.69, 9.17) is 0 Å². The number of rotatable bonds is 2. The van der Waals surface area contributed by atoms with Gasteiger partial charge in [-0.3, -0.25) is 0 Å². The van der Waals surface area contributed by atoms with Crippen molar-refractivity contribution in [2.24, 2.45) is 0 Å². The van der Waals surface area contributed by atoms with E-state index in [1.54, 1.807) is 15.7 Å². The second-order valence-corrected chi connectivity index (χ2v) is 6.62. The van der Waals surface area contributed by atoms with E-state index < -0.39 is 0 Å². The van der Waals surface area contributed by atoms with E-state index in [0.717, 1.165) is 5.69 Å². The molecule has 0 saturated heterocycles. The van der Waals surface area contributed by atoms with Gasteiger partial charge in [0.05, 0.1) is 5.69 Å². The largest absolute Gasteiger partial charge is 0.509 e. The van der Waals surface area contributed by atoms with Crippen LogP contribution in [0.4, 0.5) is 11.4 Å². The van der Waals surface area contributed by atoms with E-state index in [1.807, 2.05) is 24.3 Å². The normalized spacial score (nSPS) is 11.4. The molecule has 0 heterocycles. The fourth-order valence-corrected chi connectivity index (χ4v) is 2.34. The minimum atomic E-state index is -0.308. The van der Waals surface area contributed by atoms with Gasteiger partial charge in [-0.25, -0.2) is 0 Å². The highest BCUT2D eigenvalue weighted by atomic mass is 16.3. The van der Waals surface area contributed by atoms with E-state index in [-0.39, 0.29) is 28.1 Å². The number of phenolic OH excluding ortho intramolecular Hbond substituents is 3. The van der Waals surface area contributed by atoms with E-state index in [0.29, 0.717) is 11.2 Å². The summed E-state index contributed by atoms with van der Waals surface area (Å²) in [7, 11) is 3.24. The van der Waals surface area contributed by atoms with E-state index >= 15 is 0 Å². The molecule has 0 radical (unpaired) electrons. The van der Waals surface area contributed by atoms with Gasteiger partial charge in [0.25, 0.3) is 0 Å². The van der Waals surface area contributed by atoms with Crippen LogP contribution in [0, 0.1) is 0 Å². The van der Waals surface area contributed by atoms with Crippen LogP contribution in [0.3, 0.4) is 0 Å². The quantitative estimate of drug-likeness (QED) is 0.367. The molecule has 6 heteroatoms. The molecule has 0 aliphatic heterocycles. The van der Waals surface area contributed by atoms with Crippen LogP contribution >= 0.6 is 0 Å². The predicted molar refractivity (Wildman–Crippen MR) is 96.2 cm³/mol. The maximum atomic E-state index is 10.1. The third-order valence-corrected chi connectivity index (χ3v) is 3.92. The summed E-state index contributed by atoms with van der Waals surface area (Å²) < 4.78 is 0. The smallest absolute Gasteiger partial charge is 0.180 e. The maximum Gasteiger partial charge on any atom is 0.180 e. The Morgan fingerprint density at radius 1 is 0.818 bits per heavy atom. The fraction of sp³-hybridized carbons (Fsp3) is 0.250. The van der Waals surface area contributed by atoms with Crippen molar-refractivity contribution in [3.63, 3.8) is 0 Å². The highest BCUT2D eigenvalue weighted by Gasteiger charge is 2.18. The average Bonchev–Trinajstić information content (AvgIpc) is 2.47. The zero-order chi connectivity index (χ0) is 16.7. The minimum absolute atomic E-state index is 0.0240. The number of anilines is 2. The van der Waals surface area contributed by atoms with Crippen molar-refractivity contribution in [1.82, 2.24) is 0 Å². The molecule has 2 aromatic carbocycles. The zero-order valence-electron chi connectivity index (χ0n) is 13.7. The Hall–Kier alpha value is -2.23. The molecule has 4 N–H and O–H groups in total. The first-order chi connectivity index (χ1) is 10.1. The SMILES string of the molecule is Bc1c(O)c(B)c(Nc2ccc(C(C)(C)C)cc2)c(O)c1O. The van der Waals surface area contributed by atoms with Crippen LogP contribution in [-0.2, 0) is 5.41 Å². The second-order valence-electron chi connectivity index (χ2n) is 6.62. The molecule has 4 nitrogen and oxygen atoms in total. The third-order valence-electron chi connectivity index (χ3n) is 3.92. The molecule has 0 fully saturated rings. The molecule has 0 saturated carbocycles. The summed E-state index contributed by atoms with van der Waals surface area (Å²) in [5, 5.41) is 33.0. The predicted octanol–water partition coefficient (Wildman–Crippen LogP) is 0.361. The summed E-state index contributed by atoms with van der Waals surface area (Å²) in [6.07, 6.45) is 0. The Morgan fingerprint density at radius 2 is 1.36 bits per heavy atom. The van der Waals surface area contributed by atoms with Gasteiger partial charge in [0.15, 0.2) is 11.5 Å². The van der Waals surface area contributed by atoms with Gasteiger partial charge < -0.3 is 20.6 Å². The van der Waals surface area contributed by atoms with Crippen LogP contribution in [0.2, 0.25) is 0 Å². The van der Waals surface area contributed by atoms with Gasteiger partial charge in [0.1, 0.15) is 21.4 Å². The van der Waals surface area contributed by atoms with Crippen LogP contribution < -0.4 is 16.2 Å². The lowest BCUT2D eigenvalue weighted by atomic mass is 9.83. The van der Waals surface area contributed by atoms with Crippen molar-refractivity contribution in [1.29, 1.82) is 0 Å². The number of benzene rings is 2. The standard InChI is InChI=1S/C16H21B2NO3/c1-16(2,3)8-4-6-9(7-5-8)19-12-10(17)13(20)11(18)14(21)15(12)22/h4-7,19-22H,17-18H2,1-3H3. The van der Waals surface area contributed by atoms with Gasteiger partial charge in [-0.1, -0.05) is 32.9 Å². The van der Waals surface area contributed by atoms with Gasteiger partial charge in [0, 0.05) is 5.69 Å². The average molecular weight is 297 g/mol. The van der Waals surface area contributed by atoms with Gasteiger partial charge in [-0.05, 0) is 34.0 Å². The van der Waals surface area contributed by atoms with Crippen molar-refractivity contribution in [3.8, 4) is 17.2 Å². The Labute approximate surface area is 132 Å². The van der Waals surface area contributed by atoms with Crippen LogP contribution in [0.5, 0.6) is 17.2 Å². The monoisotopic (exact) mass is 297 g/mol. The first-order valence-electron chi connectivity index (χ1n) is 7.24.